The highest BCUT2D eigenvalue weighted by Gasteiger charge is 2.25. The summed E-state index contributed by atoms with van der Waals surface area (Å²) in [6.07, 6.45) is 3.40. The minimum absolute atomic E-state index is 0.0163. The first-order valence-corrected chi connectivity index (χ1v) is 4.40. The van der Waals surface area contributed by atoms with Gasteiger partial charge in [-0.25, -0.2) is 0 Å². The van der Waals surface area contributed by atoms with Crippen molar-refractivity contribution in [1.82, 2.24) is 0 Å². The molecule has 2 heteroatoms. The molecule has 0 bridgehead atoms. The first-order valence-electron chi connectivity index (χ1n) is 4.40. The first-order chi connectivity index (χ1) is 5.24. The number of hydrogen-bond acceptors (Lipinski definition) is 2. The third-order valence-corrected chi connectivity index (χ3v) is 2.25. The highest BCUT2D eigenvalue weighted by atomic mass is 16.5. The molecule has 0 aromatic rings. The van der Waals surface area contributed by atoms with Gasteiger partial charge in [0.05, 0.1) is 12.5 Å². The van der Waals surface area contributed by atoms with Crippen LogP contribution in [-0.2, 0) is 9.53 Å². The first kappa shape index (κ1) is 8.57. The second-order valence-electron chi connectivity index (χ2n) is 3.42. The summed E-state index contributed by atoms with van der Waals surface area (Å²) >= 11 is 0. The topological polar surface area (TPSA) is 26.3 Å². The van der Waals surface area contributed by atoms with E-state index >= 15 is 0 Å². The van der Waals surface area contributed by atoms with Crippen molar-refractivity contribution in [2.45, 2.75) is 33.1 Å². The zero-order valence-corrected chi connectivity index (χ0v) is 7.30. The third kappa shape index (κ3) is 2.21. The number of hydrogen-bond donors (Lipinski definition) is 0. The molecular formula is C9H16O2. The number of ether oxygens (including phenoxy) is 1. The summed E-state index contributed by atoms with van der Waals surface area (Å²) in [5.41, 5.74) is 0. The molecule has 0 spiro atoms. The lowest BCUT2D eigenvalue weighted by atomic mass is 9.91. The van der Waals surface area contributed by atoms with Gasteiger partial charge in [-0.2, -0.15) is 0 Å². The van der Waals surface area contributed by atoms with E-state index in [1.807, 2.05) is 6.92 Å². The Morgan fingerprint density at radius 3 is 2.91 bits per heavy atom. The molecular weight excluding hydrogens is 140 g/mol. The van der Waals surface area contributed by atoms with E-state index in [-0.39, 0.29) is 11.9 Å². The molecule has 0 N–H and O–H groups in total. The fourth-order valence-electron chi connectivity index (χ4n) is 1.62. The SMILES string of the molecule is CCC[C@H]1COC(=O)[C@H](C)C1. The molecule has 1 heterocycles. The average Bonchev–Trinajstić information content (AvgIpc) is 1.98. The summed E-state index contributed by atoms with van der Waals surface area (Å²) in [6, 6.07) is 0. The molecule has 1 saturated heterocycles. The van der Waals surface area contributed by atoms with Crippen LogP contribution >= 0.6 is 0 Å². The van der Waals surface area contributed by atoms with Crippen LogP contribution in [0.5, 0.6) is 0 Å². The van der Waals surface area contributed by atoms with Gasteiger partial charge >= 0.3 is 5.97 Å². The van der Waals surface area contributed by atoms with Crippen LogP contribution in [0, 0.1) is 11.8 Å². The Balaban J connectivity index is 2.33. The Morgan fingerprint density at radius 2 is 2.36 bits per heavy atom. The quantitative estimate of drug-likeness (QED) is 0.571. The van der Waals surface area contributed by atoms with Gasteiger partial charge in [0.1, 0.15) is 0 Å². The molecule has 11 heavy (non-hydrogen) atoms. The van der Waals surface area contributed by atoms with Crippen LogP contribution in [0.2, 0.25) is 0 Å². The fraction of sp³-hybridized carbons (Fsp3) is 0.889. The largest absolute Gasteiger partial charge is 0.465 e. The Labute approximate surface area is 67.9 Å². The van der Waals surface area contributed by atoms with Crippen molar-refractivity contribution in [3.63, 3.8) is 0 Å². The second kappa shape index (κ2) is 3.74. The molecule has 1 aliphatic heterocycles. The number of carbonyl (C=O) groups is 1. The monoisotopic (exact) mass is 156 g/mol. The summed E-state index contributed by atoms with van der Waals surface area (Å²) in [6.45, 7) is 4.77. The smallest absolute Gasteiger partial charge is 0.308 e. The Kier molecular flexibility index (Phi) is 2.92. The second-order valence-corrected chi connectivity index (χ2v) is 3.42. The molecule has 0 radical (unpaired) electrons. The maximum Gasteiger partial charge on any atom is 0.308 e. The van der Waals surface area contributed by atoms with Gasteiger partial charge in [-0.15, -0.1) is 0 Å². The summed E-state index contributed by atoms with van der Waals surface area (Å²) in [4.78, 5) is 10.9. The summed E-state index contributed by atoms with van der Waals surface area (Å²) in [7, 11) is 0. The minimum atomic E-state index is -0.0163. The molecule has 1 rings (SSSR count). The van der Waals surface area contributed by atoms with E-state index in [1.54, 1.807) is 0 Å². The van der Waals surface area contributed by atoms with Crippen molar-refractivity contribution >= 4 is 5.97 Å². The standard InChI is InChI=1S/C9H16O2/c1-3-4-8-5-7(2)9(10)11-6-8/h7-8H,3-6H2,1-2H3/t7-,8-/m1/s1. The number of esters is 1. The Hall–Kier alpha value is -0.530. The van der Waals surface area contributed by atoms with Gasteiger partial charge in [-0.05, 0) is 18.8 Å². The van der Waals surface area contributed by atoms with Gasteiger partial charge in [0.25, 0.3) is 0 Å². The van der Waals surface area contributed by atoms with Crippen molar-refractivity contribution in [1.29, 1.82) is 0 Å². The number of rotatable bonds is 2. The number of carbonyl (C=O) groups excluding carboxylic acids is 1. The highest BCUT2D eigenvalue weighted by molar-refractivity contribution is 5.72. The van der Waals surface area contributed by atoms with Gasteiger partial charge in [-0.3, -0.25) is 4.79 Å². The number of cyclic esters (lactones) is 1. The molecule has 0 unspecified atom stereocenters. The van der Waals surface area contributed by atoms with Crippen LogP contribution < -0.4 is 0 Å². The van der Waals surface area contributed by atoms with Gasteiger partial charge < -0.3 is 4.74 Å². The Morgan fingerprint density at radius 1 is 1.64 bits per heavy atom. The molecule has 2 atom stereocenters. The van der Waals surface area contributed by atoms with Crippen molar-refractivity contribution < 1.29 is 9.53 Å². The van der Waals surface area contributed by atoms with E-state index in [9.17, 15) is 4.79 Å². The normalized spacial score (nSPS) is 31.6. The van der Waals surface area contributed by atoms with E-state index < -0.39 is 0 Å². The van der Waals surface area contributed by atoms with Crippen LogP contribution in [0.4, 0.5) is 0 Å². The lowest BCUT2D eigenvalue weighted by molar-refractivity contribution is -0.155. The Bertz CT molecular complexity index is 142. The molecule has 0 aromatic carbocycles. The summed E-state index contributed by atoms with van der Waals surface area (Å²) < 4.78 is 5.02. The van der Waals surface area contributed by atoms with Crippen LogP contribution in [-0.4, -0.2) is 12.6 Å². The van der Waals surface area contributed by atoms with Gasteiger partial charge in [-0.1, -0.05) is 20.3 Å². The lowest BCUT2D eigenvalue weighted by Crippen LogP contribution is -2.28. The van der Waals surface area contributed by atoms with Crippen LogP contribution in [0.1, 0.15) is 33.1 Å². The highest BCUT2D eigenvalue weighted by Crippen LogP contribution is 2.23. The van der Waals surface area contributed by atoms with Gasteiger partial charge in [0.15, 0.2) is 0 Å². The van der Waals surface area contributed by atoms with Gasteiger partial charge in [0, 0.05) is 0 Å². The molecule has 1 aliphatic rings. The molecule has 2 nitrogen and oxygen atoms in total. The van der Waals surface area contributed by atoms with E-state index in [1.165, 1.54) is 12.8 Å². The average molecular weight is 156 g/mol. The third-order valence-electron chi connectivity index (χ3n) is 2.25. The van der Waals surface area contributed by atoms with Crippen molar-refractivity contribution in [2.24, 2.45) is 11.8 Å². The summed E-state index contributed by atoms with van der Waals surface area (Å²) in [5.74, 6) is 0.727. The zero-order valence-electron chi connectivity index (χ0n) is 7.30. The maximum atomic E-state index is 10.9. The van der Waals surface area contributed by atoms with Crippen LogP contribution in [0.3, 0.4) is 0 Å². The van der Waals surface area contributed by atoms with Crippen molar-refractivity contribution in [2.75, 3.05) is 6.61 Å². The zero-order chi connectivity index (χ0) is 8.27. The molecule has 0 aromatic heterocycles. The summed E-state index contributed by atoms with van der Waals surface area (Å²) in [5, 5.41) is 0. The van der Waals surface area contributed by atoms with Crippen molar-refractivity contribution in [3.8, 4) is 0 Å². The molecule has 64 valence electrons. The molecule has 0 amide bonds. The predicted molar refractivity (Wildman–Crippen MR) is 43.1 cm³/mol. The van der Waals surface area contributed by atoms with E-state index in [0.717, 1.165) is 6.42 Å². The van der Waals surface area contributed by atoms with E-state index in [4.69, 9.17) is 4.74 Å². The fourth-order valence-corrected chi connectivity index (χ4v) is 1.62. The van der Waals surface area contributed by atoms with Gasteiger partial charge in [0.2, 0.25) is 0 Å². The van der Waals surface area contributed by atoms with E-state index in [2.05, 4.69) is 6.92 Å². The molecule has 0 aliphatic carbocycles. The van der Waals surface area contributed by atoms with E-state index in [0.29, 0.717) is 12.5 Å². The molecule has 0 saturated carbocycles. The van der Waals surface area contributed by atoms with Crippen LogP contribution in [0.15, 0.2) is 0 Å². The maximum absolute atomic E-state index is 10.9. The predicted octanol–water partition coefficient (Wildman–Crippen LogP) is 1.99. The van der Waals surface area contributed by atoms with Crippen molar-refractivity contribution in [3.05, 3.63) is 0 Å². The van der Waals surface area contributed by atoms with Crippen LogP contribution in [0.25, 0.3) is 0 Å². The molecule has 1 fully saturated rings. The minimum Gasteiger partial charge on any atom is -0.465 e. The lowest BCUT2D eigenvalue weighted by Gasteiger charge is -2.25.